The summed E-state index contributed by atoms with van der Waals surface area (Å²) in [6.07, 6.45) is 1.19. The number of methoxy groups -OCH3 is 1. The van der Waals surface area contributed by atoms with Crippen LogP contribution in [0.4, 0.5) is 11.4 Å². The first-order valence-corrected chi connectivity index (χ1v) is 7.31. The lowest BCUT2D eigenvalue weighted by Gasteiger charge is -2.20. The SMILES string of the molecule is COc1cc(NCC2CCN(C(C)C)C2)ccc1[N+](=O)[O-]. The predicted octanol–water partition coefficient (Wildman–Crippen LogP) is 2.75. The van der Waals surface area contributed by atoms with Gasteiger partial charge in [0.1, 0.15) is 0 Å². The second-order valence-corrected chi connectivity index (χ2v) is 5.77. The van der Waals surface area contributed by atoms with Crippen LogP contribution >= 0.6 is 0 Å². The van der Waals surface area contributed by atoms with Crippen LogP contribution in [0.2, 0.25) is 0 Å². The molecule has 2 rings (SSSR count). The maximum Gasteiger partial charge on any atom is 0.311 e. The molecule has 1 aromatic rings. The van der Waals surface area contributed by atoms with Crippen LogP contribution in [0.15, 0.2) is 18.2 Å². The average Bonchev–Trinajstić information content (AvgIpc) is 2.93. The monoisotopic (exact) mass is 293 g/mol. The van der Waals surface area contributed by atoms with E-state index < -0.39 is 4.92 Å². The molecule has 1 N–H and O–H groups in total. The molecular formula is C15H23N3O3. The molecule has 0 amide bonds. The van der Waals surface area contributed by atoms with Crippen LogP contribution in [0.5, 0.6) is 5.75 Å². The van der Waals surface area contributed by atoms with Crippen molar-refractivity contribution < 1.29 is 9.66 Å². The van der Waals surface area contributed by atoms with Crippen molar-refractivity contribution in [2.45, 2.75) is 26.3 Å². The van der Waals surface area contributed by atoms with Gasteiger partial charge in [0.25, 0.3) is 0 Å². The van der Waals surface area contributed by atoms with Gasteiger partial charge in [-0.25, -0.2) is 0 Å². The minimum Gasteiger partial charge on any atom is -0.490 e. The molecule has 1 saturated heterocycles. The quantitative estimate of drug-likeness (QED) is 0.645. The molecule has 0 spiro atoms. The van der Waals surface area contributed by atoms with Crippen molar-refractivity contribution in [1.82, 2.24) is 4.90 Å². The Morgan fingerprint density at radius 2 is 2.29 bits per heavy atom. The number of nitro benzene ring substituents is 1. The lowest BCUT2D eigenvalue weighted by atomic mass is 10.1. The number of likely N-dealkylation sites (tertiary alicyclic amines) is 1. The third-order valence-electron chi connectivity index (χ3n) is 4.02. The molecule has 0 aliphatic carbocycles. The Morgan fingerprint density at radius 1 is 1.52 bits per heavy atom. The van der Waals surface area contributed by atoms with Gasteiger partial charge in [-0.05, 0) is 38.8 Å². The Balaban J connectivity index is 1.93. The predicted molar refractivity (Wildman–Crippen MR) is 83.0 cm³/mol. The highest BCUT2D eigenvalue weighted by Gasteiger charge is 2.24. The molecular weight excluding hydrogens is 270 g/mol. The number of nitro groups is 1. The normalized spacial score (nSPS) is 19.0. The van der Waals surface area contributed by atoms with E-state index in [-0.39, 0.29) is 5.69 Å². The van der Waals surface area contributed by atoms with Crippen molar-refractivity contribution in [1.29, 1.82) is 0 Å². The molecule has 0 aromatic heterocycles. The Labute approximate surface area is 125 Å². The zero-order valence-corrected chi connectivity index (χ0v) is 12.8. The standard InChI is InChI=1S/C15H23N3O3/c1-11(2)17-7-6-12(10-17)9-16-13-4-5-14(18(19)20)15(8-13)21-3/h4-5,8,11-12,16H,6-7,9-10H2,1-3H3. The van der Waals surface area contributed by atoms with Gasteiger partial charge in [0.2, 0.25) is 0 Å². The van der Waals surface area contributed by atoms with E-state index in [1.54, 1.807) is 12.1 Å². The first-order chi connectivity index (χ1) is 10.0. The number of anilines is 1. The van der Waals surface area contributed by atoms with E-state index in [0.717, 1.165) is 25.3 Å². The van der Waals surface area contributed by atoms with Crippen LogP contribution in [0.3, 0.4) is 0 Å². The van der Waals surface area contributed by atoms with E-state index in [0.29, 0.717) is 17.7 Å². The molecule has 1 unspecified atom stereocenters. The van der Waals surface area contributed by atoms with Crippen LogP contribution < -0.4 is 10.1 Å². The summed E-state index contributed by atoms with van der Waals surface area (Å²) in [5.74, 6) is 0.911. The lowest BCUT2D eigenvalue weighted by molar-refractivity contribution is -0.385. The summed E-state index contributed by atoms with van der Waals surface area (Å²) >= 11 is 0. The van der Waals surface area contributed by atoms with Crippen molar-refractivity contribution in [3.05, 3.63) is 28.3 Å². The second-order valence-electron chi connectivity index (χ2n) is 5.77. The Hall–Kier alpha value is -1.82. The van der Waals surface area contributed by atoms with E-state index in [4.69, 9.17) is 4.74 Å². The topological polar surface area (TPSA) is 67.6 Å². The Bertz CT molecular complexity index is 505. The zero-order valence-electron chi connectivity index (χ0n) is 12.8. The molecule has 116 valence electrons. The number of nitrogens with zero attached hydrogens (tertiary/aromatic N) is 2. The summed E-state index contributed by atoms with van der Waals surface area (Å²) in [4.78, 5) is 12.9. The number of hydrogen-bond acceptors (Lipinski definition) is 5. The average molecular weight is 293 g/mol. The molecule has 1 aromatic carbocycles. The van der Waals surface area contributed by atoms with E-state index in [1.165, 1.54) is 19.6 Å². The largest absolute Gasteiger partial charge is 0.490 e. The number of ether oxygens (including phenoxy) is 1. The first-order valence-electron chi connectivity index (χ1n) is 7.31. The van der Waals surface area contributed by atoms with E-state index in [2.05, 4.69) is 24.1 Å². The highest BCUT2D eigenvalue weighted by molar-refractivity contribution is 5.57. The smallest absolute Gasteiger partial charge is 0.311 e. The van der Waals surface area contributed by atoms with E-state index in [1.807, 2.05) is 0 Å². The molecule has 1 heterocycles. The molecule has 1 aliphatic rings. The highest BCUT2D eigenvalue weighted by Crippen LogP contribution is 2.30. The lowest BCUT2D eigenvalue weighted by Crippen LogP contribution is -2.29. The third-order valence-corrected chi connectivity index (χ3v) is 4.02. The van der Waals surface area contributed by atoms with Crippen molar-refractivity contribution >= 4 is 11.4 Å². The fourth-order valence-electron chi connectivity index (χ4n) is 2.70. The number of hydrogen-bond donors (Lipinski definition) is 1. The Morgan fingerprint density at radius 3 is 2.86 bits per heavy atom. The second kappa shape index (κ2) is 6.76. The van der Waals surface area contributed by atoms with Crippen LogP contribution in [0.25, 0.3) is 0 Å². The van der Waals surface area contributed by atoms with E-state index in [9.17, 15) is 10.1 Å². The van der Waals surface area contributed by atoms with E-state index >= 15 is 0 Å². The number of benzene rings is 1. The summed E-state index contributed by atoms with van der Waals surface area (Å²) in [7, 11) is 1.45. The molecule has 0 radical (unpaired) electrons. The Kier molecular flexibility index (Phi) is 5.01. The summed E-state index contributed by atoms with van der Waals surface area (Å²) in [6, 6.07) is 5.49. The molecule has 1 fully saturated rings. The summed E-state index contributed by atoms with van der Waals surface area (Å²) in [5.41, 5.74) is 0.857. The summed E-state index contributed by atoms with van der Waals surface area (Å²) in [5, 5.41) is 14.2. The van der Waals surface area contributed by atoms with Crippen molar-refractivity contribution in [2.75, 3.05) is 32.1 Å². The maximum atomic E-state index is 10.9. The van der Waals surface area contributed by atoms with Crippen LogP contribution in [0, 0.1) is 16.0 Å². The first kappa shape index (κ1) is 15.6. The molecule has 6 nitrogen and oxygen atoms in total. The van der Waals surface area contributed by atoms with Crippen molar-refractivity contribution in [2.24, 2.45) is 5.92 Å². The third kappa shape index (κ3) is 3.85. The number of nitrogens with one attached hydrogen (secondary N) is 1. The van der Waals surface area contributed by atoms with Gasteiger partial charge in [0.05, 0.1) is 12.0 Å². The fraction of sp³-hybridized carbons (Fsp3) is 0.600. The maximum absolute atomic E-state index is 10.9. The minimum atomic E-state index is -0.430. The molecule has 6 heteroatoms. The van der Waals surface area contributed by atoms with Gasteiger partial charge >= 0.3 is 5.69 Å². The van der Waals surface area contributed by atoms with Gasteiger partial charge in [-0.3, -0.25) is 10.1 Å². The summed E-state index contributed by atoms with van der Waals surface area (Å²) < 4.78 is 5.08. The summed E-state index contributed by atoms with van der Waals surface area (Å²) in [6.45, 7) is 7.57. The fourth-order valence-corrected chi connectivity index (χ4v) is 2.70. The molecule has 1 aliphatic heterocycles. The van der Waals surface area contributed by atoms with Crippen molar-refractivity contribution in [3.8, 4) is 5.75 Å². The van der Waals surface area contributed by atoms with Gasteiger partial charge in [0, 0.05) is 37.0 Å². The number of rotatable bonds is 6. The van der Waals surface area contributed by atoms with Gasteiger partial charge in [-0.2, -0.15) is 0 Å². The molecule has 21 heavy (non-hydrogen) atoms. The minimum absolute atomic E-state index is 0.00472. The van der Waals surface area contributed by atoms with Gasteiger partial charge in [-0.1, -0.05) is 0 Å². The molecule has 0 bridgehead atoms. The van der Waals surface area contributed by atoms with Gasteiger partial charge < -0.3 is 15.0 Å². The van der Waals surface area contributed by atoms with Crippen LogP contribution in [-0.2, 0) is 0 Å². The van der Waals surface area contributed by atoms with Crippen LogP contribution in [0.1, 0.15) is 20.3 Å². The van der Waals surface area contributed by atoms with Crippen LogP contribution in [-0.4, -0.2) is 42.6 Å². The molecule has 0 saturated carbocycles. The van der Waals surface area contributed by atoms with Gasteiger partial charge in [-0.15, -0.1) is 0 Å². The van der Waals surface area contributed by atoms with Crippen molar-refractivity contribution in [3.63, 3.8) is 0 Å². The zero-order chi connectivity index (χ0) is 15.4. The molecule has 1 atom stereocenters. The highest BCUT2D eigenvalue weighted by atomic mass is 16.6. The van der Waals surface area contributed by atoms with Gasteiger partial charge in [0.15, 0.2) is 5.75 Å².